The molecule has 0 saturated heterocycles. The predicted molar refractivity (Wildman–Crippen MR) is 53.5 cm³/mol. The van der Waals surface area contributed by atoms with Crippen LogP contribution in [0.2, 0.25) is 0 Å². The summed E-state index contributed by atoms with van der Waals surface area (Å²) in [5, 5.41) is 7.16. The van der Waals surface area contributed by atoms with E-state index in [-0.39, 0.29) is 11.3 Å². The van der Waals surface area contributed by atoms with E-state index in [1.54, 1.807) is 0 Å². The second kappa shape index (κ2) is 3.90. The van der Waals surface area contributed by atoms with Crippen LogP contribution in [-0.4, -0.2) is 30.4 Å². The smallest absolute Gasteiger partial charge is 0.105 e. The maximum Gasteiger partial charge on any atom is 0.105 e. The third-order valence-corrected chi connectivity index (χ3v) is 2.33. The van der Waals surface area contributed by atoms with Gasteiger partial charge in [-0.25, -0.2) is 0 Å². The number of hydrogen-bond donors (Lipinski definition) is 2. The molecule has 0 aromatic carbocycles. The third kappa shape index (κ3) is 3.72. The summed E-state index contributed by atoms with van der Waals surface area (Å²) in [6, 6.07) is 0.432. The van der Waals surface area contributed by atoms with Crippen LogP contribution in [0.5, 0.6) is 0 Å². The minimum absolute atomic E-state index is 0.230. The van der Waals surface area contributed by atoms with E-state index in [1.807, 2.05) is 7.05 Å². The fourth-order valence-electron chi connectivity index (χ4n) is 1.07. The third-order valence-electron chi connectivity index (χ3n) is 2.33. The summed E-state index contributed by atoms with van der Waals surface area (Å²) in [6.07, 6.45) is 0. The van der Waals surface area contributed by atoms with E-state index in [4.69, 9.17) is 11.1 Å². The Morgan fingerprint density at radius 1 is 1.50 bits per heavy atom. The summed E-state index contributed by atoms with van der Waals surface area (Å²) in [4.78, 5) is 2.10. The second-order valence-electron chi connectivity index (χ2n) is 4.48. The first kappa shape index (κ1) is 11.4. The van der Waals surface area contributed by atoms with Gasteiger partial charge in [0, 0.05) is 6.04 Å². The molecule has 3 N–H and O–H groups in total. The number of likely N-dealkylation sites (N-methyl/N-ethyl adjacent to an activating group) is 1. The van der Waals surface area contributed by atoms with E-state index in [9.17, 15) is 0 Å². The van der Waals surface area contributed by atoms with Crippen molar-refractivity contribution in [3.8, 4) is 0 Å². The van der Waals surface area contributed by atoms with Crippen molar-refractivity contribution in [2.75, 3.05) is 13.6 Å². The molecule has 3 nitrogen and oxygen atoms in total. The molecule has 0 heterocycles. The van der Waals surface area contributed by atoms with Gasteiger partial charge in [0.25, 0.3) is 0 Å². The summed E-state index contributed by atoms with van der Waals surface area (Å²) < 4.78 is 0. The Hall–Kier alpha value is -0.570. The zero-order valence-electron chi connectivity index (χ0n) is 8.81. The minimum atomic E-state index is 0.230. The highest BCUT2D eigenvalue weighted by Gasteiger charge is 2.23. The number of nitrogens with two attached hydrogens (primary N) is 1. The first-order chi connectivity index (χ1) is 5.25. The predicted octanol–water partition coefficient (Wildman–Crippen LogP) is 1.29. The molecule has 0 rings (SSSR count). The first-order valence-electron chi connectivity index (χ1n) is 4.28. The Labute approximate surface area is 75.4 Å². The molecule has 0 amide bonds. The van der Waals surface area contributed by atoms with Gasteiger partial charge in [-0.05, 0) is 19.4 Å². The average molecular weight is 171 g/mol. The van der Waals surface area contributed by atoms with Crippen LogP contribution in [-0.2, 0) is 0 Å². The maximum absolute atomic E-state index is 7.16. The van der Waals surface area contributed by atoms with Crippen molar-refractivity contribution in [1.29, 1.82) is 5.41 Å². The largest absolute Gasteiger partial charge is 0.387 e. The van der Waals surface area contributed by atoms with Crippen LogP contribution in [0.25, 0.3) is 0 Å². The monoisotopic (exact) mass is 171 g/mol. The number of hydrogen-bond acceptors (Lipinski definition) is 2. The average Bonchev–Trinajstić information content (AvgIpc) is 1.82. The van der Waals surface area contributed by atoms with Crippen LogP contribution in [0, 0.1) is 10.8 Å². The Balaban J connectivity index is 4.10. The lowest BCUT2D eigenvalue weighted by Crippen LogP contribution is -2.43. The van der Waals surface area contributed by atoms with Gasteiger partial charge in [0.15, 0.2) is 0 Å². The number of nitrogens with one attached hydrogen (secondary N) is 1. The van der Waals surface area contributed by atoms with Crippen LogP contribution in [0.4, 0.5) is 0 Å². The lowest BCUT2D eigenvalue weighted by molar-refractivity contribution is 0.158. The quantitative estimate of drug-likeness (QED) is 0.496. The topological polar surface area (TPSA) is 53.1 Å². The van der Waals surface area contributed by atoms with Gasteiger partial charge in [0.2, 0.25) is 0 Å². The van der Waals surface area contributed by atoms with Crippen LogP contribution < -0.4 is 5.73 Å². The molecular formula is C9H21N3. The molecule has 0 radical (unpaired) electrons. The fraction of sp³-hybridized carbons (Fsp3) is 0.889. The molecule has 0 aliphatic rings. The SMILES string of the molecule is CC(N(C)CC(=N)N)C(C)(C)C. The standard InChI is InChI=1S/C9H21N3/c1-7(9(2,3)4)12(5)6-8(10)11/h7H,6H2,1-5H3,(H3,10,11). The summed E-state index contributed by atoms with van der Waals surface area (Å²) in [5.74, 6) is 0.230. The van der Waals surface area contributed by atoms with Gasteiger partial charge >= 0.3 is 0 Å². The van der Waals surface area contributed by atoms with Crippen molar-refractivity contribution < 1.29 is 0 Å². The summed E-state index contributed by atoms with van der Waals surface area (Å²) in [6.45, 7) is 9.28. The van der Waals surface area contributed by atoms with E-state index in [0.29, 0.717) is 12.6 Å². The highest BCUT2D eigenvalue weighted by Crippen LogP contribution is 2.22. The molecule has 1 unspecified atom stereocenters. The molecule has 0 aromatic heterocycles. The second-order valence-corrected chi connectivity index (χ2v) is 4.48. The first-order valence-corrected chi connectivity index (χ1v) is 4.28. The highest BCUT2D eigenvalue weighted by molar-refractivity contribution is 5.78. The summed E-state index contributed by atoms with van der Waals surface area (Å²) in [5.41, 5.74) is 5.56. The molecule has 0 aromatic rings. The van der Waals surface area contributed by atoms with Gasteiger partial charge in [0.1, 0.15) is 5.84 Å². The molecule has 0 saturated carbocycles. The molecule has 0 spiro atoms. The van der Waals surface area contributed by atoms with Gasteiger partial charge in [-0.1, -0.05) is 20.8 Å². The van der Waals surface area contributed by atoms with Gasteiger partial charge in [-0.3, -0.25) is 10.3 Å². The maximum atomic E-state index is 7.16. The van der Waals surface area contributed by atoms with E-state index in [0.717, 1.165) is 0 Å². The zero-order chi connectivity index (χ0) is 9.94. The van der Waals surface area contributed by atoms with Crippen molar-refractivity contribution in [1.82, 2.24) is 4.90 Å². The van der Waals surface area contributed by atoms with Gasteiger partial charge < -0.3 is 5.73 Å². The van der Waals surface area contributed by atoms with Gasteiger partial charge in [-0.15, -0.1) is 0 Å². The molecule has 72 valence electrons. The Kier molecular flexibility index (Phi) is 3.71. The van der Waals surface area contributed by atoms with Crippen LogP contribution >= 0.6 is 0 Å². The van der Waals surface area contributed by atoms with Crippen molar-refractivity contribution in [3.05, 3.63) is 0 Å². The van der Waals surface area contributed by atoms with Crippen molar-refractivity contribution in [2.45, 2.75) is 33.7 Å². The molecule has 0 aliphatic carbocycles. The summed E-state index contributed by atoms with van der Waals surface area (Å²) in [7, 11) is 2.00. The van der Waals surface area contributed by atoms with Crippen LogP contribution in [0.15, 0.2) is 0 Å². The molecule has 1 atom stereocenters. The highest BCUT2D eigenvalue weighted by atomic mass is 15.1. The van der Waals surface area contributed by atoms with E-state index in [2.05, 4.69) is 32.6 Å². The minimum Gasteiger partial charge on any atom is -0.387 e. The Morgan fingerprint density at radius 2 is 1.92 bits per heavy atom. The zero-order valence-corrected chi connectivity index (χ0v) is 8.81. The Morgan fingerprint density at radius 3 is 2.17 bits per heavy atom. The van der Waals surface area contributed by atoms with E-state index in [1.165, 1.54) is 0 Å². The molecule has 0 aliphatic heterocycles. The lowest BCUT2D eigenvalue weighted by Gasteiger charge is -2.34. The molecule has 3 heteroatoms. The van der Waals surface area contributed by atoms with E-state index >= 15 is 0 Å². The van der Waals surface area contributed by atoms with Crippen LogP contribution in [0.3, 0.4) is 0 Å². The Bertz CT molecular complexity index is 158. The van der Waals surface area contributed by atoms with Gasteiger partial charge in [-0.2, -0.15) is 0 Å². The van der Waals surface area contributed by atoms with Crippen molar-refractivity contribution in [3.63, 3.8) is 0 Å². The molecular weight excluding hydrogens is 150 g/mol. The van der Waals surface area contributed by atoms with Crippen molar-refractivity contribution in [2.24, 2.45) is 11.1 Å². The lowest BCUT2D eigenvalue weighted by atomic mass is 9.87. The normalized spacial score (nSPS) is 14.8. The van der Waals surface area contributed by atoms with Crippen LogP contribution in [0.1, 0.15) is 27.7 Å². The molecule has 0 fully saturated rings. The number of nitrogens with zero attached hydrogens (tertiary/aromatic N) is 1. The molecule has 12 heavy (non-hydrogen) atoms. The fourth-order valence-corrected chi connectivity index (χ4v) is 1.07. The number of amidine groups is 1. The number of rotatable bonds is 3. The van der Waals surface area contributed by atoms with Crippen molar-refractivity contribution >= 4 is 5.84 Å². The molecule has 0 bridgehead atoms. The van der Waals surface area contributed by atoms with E-state index < -0.39 is 0 Å². The summed E-state index contributed by atoms with van der Waals surface area (Å²) >= 11 is 0. The van der Waals surface area contributed by atoms with Gasteiger partial charge in [0.05, 0.1) is 6.54 Å².